The Morgan fingerprint density at radius 3 is 2.85 bits per heavy atom. The summed E-state index contributed by atoms with van der Waals surface area (Å²) < 4.78 is 4.96. The summed E-state index contributed by atoms with van der Waals surface area (Å²) in [6.45, 7) is 2.09. The normalized spacial score (nSPS) is 10.9. The molecule has 0 bridgehead atoms. The van der Waals surface area contributed by atoms with Gasteiger partial charge in [0, 0.05) is 12.1 Å². The molecule has 0 aliphatic rings. The summed E-state index contributed by atoms with van der Waals surface area (Å²) in [5.74, 6) is 0.250. The molecule has 20 heavy (non-hydrogen) atoms. The standard InChI is InChI=1S/C14H17N3O3/c1-3-4-5-6-7-11(10-15)14-12(17(18)19)8-9-13(16-14)20-2/h7-9H,3-6H2,1-2H3/b11-7+. The number of aromatic nitrogens is 1. The lowest BCUT2D eigenvalue weighted by molar-refractivity contribution is -0.385. The van der Waals surface area contributed by atoms with Crippen LogP contribution in [-0.2, 0) is 0 Å². The lowest BCUT2D eigenvalue weighted by Gasteiger charge is -2.04. The Morgan fingerprint density at radius 1 is 1.55 bits per heavy atom. The van der Waals surface area contributed by atoms with E-state index in [9.17, 15) is 15.4 Å². The third-order valence-corrected chi connectivity index (χ3v) is 2.79. The lowest BCUT2D eigenvalue weighted by atomic mass is 10.1. The Balaban J connectivity index is 3.12. The van der Waals surface area contributed by atoms with E-state index in [1.807, 2.05) is 6.07 Å². The minimum atomic E-state index is -0.543. The predicted octanol–water partition coefficient (Wildman–Crippen LogP) is 3.49. The number of hydrogen-bond acceptors (Lipinski definition) is 5. The summed E-state index contributed by atoms with van der Waals surface area (Å²) in [4.78, 5) is 14.5. The fourth-order valence-corrected chi connectivity index (χ4v) is 1.73. The van der Waals surface area contributed by atoms with Gasteiger partial charge in [-0.05, 0) is 12.8 Å². The summed E-state index contributed by atoms with van der Waals surface area (Å²) in [5, 5.41) is 20.2. The molecule has 6 heteroatoms. The number of hydrogen-bond donors (Lipinski definition) is 0. The number of unbranched alkanes of at least 4 members (excludes halogenated alkanes) is 3. The topological polar surface area (TPSA) is 89.0 Å². The maximum atomic E-state index is 11.0. The van der Waals surface area contributed by atoms with Crippen molar-refractivity contribution < 1.29 is 9.66 Å². The van der Waals surface area contributed by atoms with E-state index in [0.29, 0.717) is 6.42 Å². The molecule has 0 aromatic carbocycles. The van der Waals surface area contributed by atoms with Gasteiger partial charge in [-0.2, -0.15) is 5.26 Å². The number of allylic oxidation sites excluding steroid dienone is 2. The fourth-order valence-electron chi connectivity index (χ4n) is 1.73. The van der Waals surface area contributed by atoms with Crippen LogP contribution < -0.4 is 4.74 Å². The van der Waals surface area contributed by atoms with Crippen LogP contribution in [0.3, 0.4) is 0 Å². The van der Waals surface area contributed by atoms with Crippen LogP contribution in [0.1, 0.15) is 38.3 Å². The van der Waals surface area contributed by atoms with Gasteiger partial charge in [-0.1, -0.05) is 25.8 Å². The van der Waals surface area contributed by atoms with Crippen LogP contribution in [0.15, 0.2) is 18.2 Å². The first kappa shape index (κ1) is 15.6. The first-order valence-corrected chi connectivity index (χ1v) is 6.44. The number of nitriles is 1. The highest BCUT2D eigenvalue weighted by Crippen LogP contribution is 2.26. The highest BCUT2D eigenvalue weighted by atomic mass is 16.6. The van der Waals surface area contributed by atoms with Crippen LogP contribution >= 0.6 is 0 Å². The molecule has 1 heterocycles. The molecule has 0 amide bonds. The van der Waals surface area contributed by atoms with Crippen molar-refractivity contribution in [2.24, 2.45) is 0 Å². The van der Waals surface area contributed by atoms with E-state index in [4.69, 9.17) is 4.74 Å². The molecule has 0 saturated carbocycles. The molecule has 0 fully saturated rings. The molecule has 1 aromatic rings. The molecule has 0 saturated heterocycles. The van der Waals surface area contributed by atoms with Crippen molar-refractivity contribution in [2.45, 2.75) is 32.6 Å². The summed E-state index contributed by atoms with van der Waals surface area (Å²) in [7, 11) is 1.43. The minimum absolute atomic E-state index is 0.0633. The maximum Gasteiger partial charge on any atom is 0.296 e. The van der Waals surface area contributed by atoms with E-state index >= 15 is 0 Å². The van der Waals surface area contributed by atoms with Gasteiger partial charge in [0.25, 0.3) is 5.69 Å². The van der Waals surface area contributed by atoms with Gasteiger partial charge >= 0.3 is 0 Å². The van der Waals surface area contributed by atoms with Crippen LogP contribution in [0.5, 0.6) is 5.88 Å². The molecular formula is C14H17N3O3. The van der Waals surface area contributed by atoms with Crippen molar-refractivity contribution in [3.8, 4) is 11.9 Å². The van der Waals surface area contributed by atoms with E-state index in [1.54, 1.807) is 6.08 Å². The Labute approximate surface area is 117 Å². The highest BCUT2D eigenvalue weighted by Gasteiger charge is 2.19. The van der Waals surface area contributed by atoms with Crippen molar-refractivity contribution in [1.82, 2.24) is 4.98 Å². The van der Waals surface area contributed by atoms with Crippen LogP contribution in [0.25, 0.3) is 5.57 Å². The molecule has 0 unspecified atom stereocenters. The second kappa shape index (κ2) is 7.89. The third kappa shape index (κ3) is 4.05. The smallest absolute Gasteiger partial charge is 0.296 e. The average molecular weight is 275 g/mol. The van der Waals surface area contributed by atoms with Crippen LogP contribution in [0.4, 0.5) is 5.69 Å². The Hall–Kier alpha value is -2.42. The predicted molar refractivity (Wildman–Crippen MR) is 75.2 cm³/mol. The number of nitrogens with zero attached hydrogens (tertiary/aromatic N) is 3. The van der Waals surface area contributed by atoms with Crippen LogP contribution in [0.2, 0.25) is 0 Å². The quantitative estimate of drug-likeness (QED) is 0.329. The average Bonchev–Trinajstić information content (AvgIpc) is 2.46. The van der Waals surface area contributed by atoms with Crippen molar-refractivity contribution >= 4 is 11.3 Å². The molecule has 106 valence electrons. The second-order valence-electron chi connectivity index (χ2n) is 4.20. The zero-order valence-corrected chi connectivity index (χ0v) is 11.6. The summed E-state index contributed by atoms with van der Waals surface area (Å²) >= 11 is 0. The molecule has 0 atom stereocenters. The second-order valence-corrected chi connectivity index (χ2v) is 4.20. The summed E-state index contributed by atoms with van der Waals surface area (Å²) in [6.07, 6.45) is 5.48. The van der Waals surface area contributed by atoms with Gasteiger partial charge in [-0.25, -0.2) is 4.98 Å². The molecular weight excluding hydrogens is 258 g/mol. The van der Waals surface area contributed by atoms with Gasteiger partial charge < -0.3 is 4.74 Å². The van der Waals surface area contributed by atoms with Gasteiger partial charge in [0.15, 0.2) is 5.69 Å². The van der Waals surface area contributed by atoms with Gasteiger partial charge in [-0.3, -0.25) is 10.1 Å². The lowest BCUT2D eigenvalue weighted by Crippen LogP contribution is -1.99. The van der Waals surface area contributed by atoms with E-state index in [2.05, 4.69) is 11.9 Å². The first-order valence-electron chi connectivity index (χ1n) is 6.44. The number of nitro groups is 1. The highest BCUT2D eigenvalue weighted by molar-refractivity contribution is 5.79. The van der Waals surface area contributed by atoms with Crippen LogP contribution in [-0.4, -0.2) is 17.0 Å². The maximum absolute atomic E-state index is 11.0. The molecule has 0 aliphatic heterocycles. The van der Waals surface area contributed by atoms with Gasteiger partial charge in [0.1, 0.15) is 6.07 Å². The number of methoxy groups -OCH3 is 1. The molecule has 1 rings (SSSR count). The Morgan fingerprint density at radius 2 is 2.30 bits per heavy atom. The molecule has 1 aromatic heterocycles. The molecule has 0 radical (unpaired) electrons. The third-order valence-electron chi connectivity index (χ3n) is 2.79. The molecule has 0 spiro atoms. The zero-order chi connectivity index (χ0) is 15.0. The van der Waals surface area contributed by atoms with E-state index < -0.39 is 4.92 Å². The monoisotopic (exact) mass is 275 g/mol. The fraction of sp³-hybridized carbons (Fsp3) is 0.429. The number of pyridine rings is 1. The molecule has 0 aliphatic carbocycles. The van der Waals surface area contributed by atoms with Gasteiger partial charge in [0.2, 0.25) is 5.88 Å². The van der Waals surface area contributed by atoms with E-state index in [0.717, 1.165) is 19.3 Å². The van der Waals surface area contributed by atoms with Crippen molar-refractivity contribution in [3.63, 3.8) is 0 Å². The van der Waals surface area contributed by atoms with Crippen molar-refractivity contribution in [2.75, 3.05) is 7.11 Å². The summed E-state index contributed by atoms with van der Waals surface area (Å²) in [6, 6.07) is 4.69. The van der Waals surface area contributed by atoms with Gasteiger partial charge in [0.05, 0.1) is 17.6 Å². The van der Waals surface area contributed by atoms with Gasteiger partial charge in [-0.15, -0.1) is 0 Å². The van der Waals surface area contributed by atoms with Crippen LogP contribution in [0, 0.1) is 21.4 Å². The SMILES string of the molecule is CCCCC/C=C(\C#N)c1nc(OC)ccc1[N+](=O)[O-]. The minimum Gasteiger partial charge on any atom is -0.481 e. The molecule has 6 nitrogen and oxygen atoms in total. The summed E-state index contributed by atoms with van der Waals surface area (Å²) in [5.41, 5.74) is 0.0918. The zero-order valence-electron chi connectivity index (χ0n) is 11.6. The number of rotatable bonds is 7. The number of ether oxygens (including phenoxy) is 1. The largest absolute Gasteiger partial charge is 0.481 e. The van der Waals surface area contributed by atoms with Crippen molar-refractivity contribution in [1.29, 1.82) is 5.26 Å². The van der Waals surface area contributed by atoms with E-state index in [1.165, 1.54) is 19.2 Å². The van der Waals surface area contributed by atoms with E-state index in [-0.39, 0.29) is 22.8 Å². The van der Waals surface area contributed by atoms with Crippen molar-refractivity contribution in [3.05, 3.63) is 34.0 Å². The first-order chi connectivity index (χ1) is 9.63. The Bertz CT molecular complexity index is 547. The molecule has 0 N–H and O–H groups in total. The Kier molecular flexibility index (Phi) is 6.17.